The number of anilines is 1. The van der Waals surface area contributed by atoms with Crippen molar-refractivity contribution in [2.75, 3.05) is 25.0 Å². The second-order valence-corrected chi connectivity index (χ2v) is 6.40. The summed E-state index contributed by atoms with van der Waals surface area (Å²) < 4.78 is 5.99. The van der Waals surface area contributed by atoms with Crippen LogP contribution in [0.25, 0.3) is 0 Å². The van der Waals surface area contributed by atoms with Gasteiger partial charge < -0.3 is 15.4 Å². The van der Waals surface area contributed by atoms with Crippen molar-refractivity contribution in [1.29, 1.82) is 0 Å². The fourth-order valence-corrected chi connectivity index (χ4v) is 3.20. The topological polar surface area (TPSA) is 70.7 Å². The number of carbonyl (C=O) groups is 2. The minimum Gasteiger partial charge on any atom is -0.376 e. The van der Waals surface area contributed by atoms with Gasteiger partial charge in [0, 0.05) is 18.8 Å². The first-order valence-corrected chi connectivity index (χ1v) is 8.75. The Morgan fingerprint density at radius 2 is 2.12 bits per heavy atom. The van der Waals surface area contributed by atoms with Crippen molar-refractivity contribution in [3.05, 3.63) is 29.8 Å². The van der Waals surface area contributed by atoms with Crippen molar-refractivity contribution < 1.29 is 14.3 Å². The fraction of sp³-hybridized carbons (Fsp3) is 0.556. The van der Waals surface area contributed by atoms with Gasteiger partial charge in [0.1, 0.15) is 0 Å². The molecule has 0 unspecified atom stereocenters. The van der Waals surface area contributed by atoms with Crippen molar-refractivity contribution in [2.24, 2.45) is 0 Å². The van der Waals surface area contributed by atoms with E-state index in [1.807, 2.05) is 24.3 Å². The maximum atomic E-state index is 12.0. The quantitative estimate of drug-likeness (QED) is 0.840. The number of urea groups is 1. The number of nitrogens with zero attached hydrogens (tertiary/aromatic N) is 1. The Hall–Kier alpha value is -2.08. The van der Waals surface area contributed by atoms with Gasteiger partial charge in [0.2, 0.25) is 5.91 Å². The van der Waals surface area contributed by atoms with Gasteiger partial charge in [0.05, 0.1) is 19.3 Å². The molecular formula is C18H25N3O3. The zero-order valence-corrected chi connectivity index (χ0v) is 13.9. The van der Waals surface area contributed by atoms with E-state index in [0.29, 0.717) is 25.8 Å². The van der Waals surface area contributed by atoms with Crippen molar-refractivity contribution in [3.8, 4) is 0 Å². The molecule has 1 aromatic rings. The van der Waals surface area contributed by atoms with Crippen LogP contribution in [0.4, 0.5) is 10.5 Å². The molecular weight excluding hydrogens is 306 g/mol. The number of ether oxygens (including phenoxy) is 1. The Kier molecular flexibility index (Phi) is 5.69. The molecule has 24 heavy (non-hydrogen) atoms. The van der Waals surface area contributed by atoms with Crippen LogP contribution in [0.1, 0.15) is 37.7 Å². The first-order chi connectivity index (χ1) is 11.7. The standard InChI is InChI=1S/C18H25N3O3/c22-17(21-10-9-19-18(21)23)12-20-15-6-4-5-14(11-15)13-24-16-7-2-1-3-8-16/h4-6,11,16,20H,1-3,7-10,12-13H2,(H,19,23). The number of carbonyl (C=O) groups excluding carboxylic acids is 2. The van der Waals surface area contributed by atoms with Gasteiger partial charge in [-0.25, -0.2) is 4.79 Å². The predicted octanol–water partition coefficient (Wildman–Crippen LogP) is 2.50. The third-order valence-corrected chi connectivity index (χ3v) is 4.57. The number of benzene rings is 1. The molecule has 3 rings (SSSR count). The van der Waals surface area contributed by atoms with E-state index in [4.69, 9.17) is 4.74 Å². The van der Waals surface area contributed by atoms with Crippen molar-refractivity contribution in [3.63, 3.8) is 0 Å². The summed E-state index contributed by atoms with van der Waals surface area (Å²) in [6, 6.07) is 7.59. The molecule has 3 amide bonds. The summed E-state index contributed by atoms with van der Waals surface area (Å²) in [5.74, 6) is -0.214. The average Bonchev–Trinajstić information content (AvgIpc) is 3.05. The summed E-state index contributed by atoms with van der Waals surface area (Å²) in [5.41, 5.74) is 1.96. The Balaban J connectivity index is 1.47. The first-order valence-electron chi connectivity index (χ1n) is 8.75. The van der Waals surface area contributed by atoms with Crippen LogP contribution in [0, 0.1) is 0 Å². The van der Waals surface area contributed by atoms with Gasteiger partial charge in [-0.1, -0.05) is 31.4 Å². The molecule has 0 bridgehead atoms. The summed E-state index contributed by atoms with van der Waals surface area (Å²) in [6.07, 6.45) is 6.54. The molecule has 1 heterocycles. The van der Waals surface area contributed by atoms with Gasteiger partial charge in [-0.15, -0.1) is 0 Å². The smallest absolute Gasteiger partial charge is 0.324 e. The number of hydrogen-bond acceptors (Lipinski definition) is 4. The van der Waals surface area contributed by atoms with Gasteiger partial charge in [0.25, 0.3) is 0 Å². The van der Waals surface area contributed by atoms with E-state index in [-0.39, 0.29) is 18.5 Å². The Bertz CT molecular complexity index is 585. The lowest BCUT2D eigenvalue weighted by molar-refractivity contribution is -0.125. The van der Waals surface area contributed by atoms with Gasteiger partial charge >= 0.3 is 6.03 Å². The molecule has 2 N–H and O–H groups in total. The van der Waals surface area contributed by atoms with Crippen LogP contribution in [0.15, 0.2) is 24.3 Å². The lowest BCUT2D eigenvalue weighted by Gasteiger charge is -2.22. The predicted molar refractivity (Wildman–Crippen MR) is 91.7 cm³/mol. The maximum Gasteiger partial charge on any atom is 0.324 e. The number of amides is 3. The van der Waals surface area contributed by atoms with E-state index in [1.165, 1.54) is 24.2 Å². The van der Waals surface area contributed by atoms with E-state index in [9.17, 15) is 9.59 Å². The third-order valence-electron chi connectivity index (χ3n) is 4.57. The lowest BCUT2D eigenvalue weighted by Crippen LogP contribution is -2.38. The Labute approximate surface area is 142 Å². The van der Waals surface area contributed by atoms with E-state index in [0.717, 1.165) is 24.1 Å². The molecule has 6 nitrogen and oxygen atoms in total. The molecule has 130 valence electrons. The number of imide groups is 1. The second-order valence-electron chi connectivity index (χ2n) is 6.40. The van der Waals surface area contributed by atoms with Crippen molar-refractivity contribution in [1.82, 2.24) is 10.2 Å². The summed E-state index contributed by atoms with van der Waals surface area (Å²) in [4.78, 5) is 24.7. The zero-order valence-electron chi connectivity index (χ0n) is 13.9. The first kappa shape index (κ1) is 16.8. The summed E-state index contributed by atoms with van der Waals surface area (Å²) >= 11 is 0. The van der Waals surface area contributed by atoms with Crippen LogP contribution < -0.4 is 10.6 Å². The monoisotopic (exact) mass is 331 g/mol. The SMILES string of the molecule is O=C(CNc1cccc(COC2CCCCC2)c1)N1CCNC1=O. The molecule has 6 heteroatoms. The zero-order chi connectivity index (χ0) is 16.8. The summed E-state index contributed by atoms with van der Waals surface area (Å²) in [5, 5.41) is 5.72. The van der Waals surface area contributed by atoms with Crippen LogP contribution in [-0.2, 0) is 16.1 Å². The highest BCUT2D eigenvalue weighted by molar-refractivity contribution is 5.97. The normalized spacial score (nSPS) is 18.5. The minimum atomic E-state index is -0.309. The van der Waals surface area contributed by atoms with Gasteiger partial charge in [0.15, 0.2) is 0 Å². The van der Waals surface area contributed by atoms with Crippen LogP contribution in [-0.4, -0.2) is 42.6 Å². The minimum absolute atomic E-state index is 0.111. The number of nitrogens with one attached hydrogen (secondary N) is 2. The fourth-order valence-electron chi connectivity index (χ4n) is 3.20. The van der Waals surface area contributed by atoms with Crippen molar-refractivity contribution >= 4 is 17.6 Å². The third kappa shape index (κ3) is 4.47. The van der Waals surface area contributed by atoms with Crippen LogP contribution >= 0.6 is 0 Å². The molecule has 1 aromatic carbocycles. The van der Waals surface area contributed by atoms with E-state index >= 15 is 0 Å². The van der Waals surface area contributed by atoms with Crippen LogP contribution in [0.5, 0.6) is 0 Å². The lowest BCUT2D eigenvalue weighted by atomic mass is 9.98. The Morgan fingerprint density at radius 1 is 1.29 bits per heavy atom. The highest BCUT2D eigenvalue weighted by atomic mass is 16.5. The second kappa shape index (κ2) is 8.15. The Morgan fingerprint density at radius 3 is 2.88 bits per heavy atom. The molecule has 0 radical (unpaired) electrons. The molecule has 0 spiro atoms. The number of rotatable bonds is 6. The van der Waals surface area contributed by atoms with Crippen molar-refractivity contribution in [2.45, 2.75) is 44.8 Å². The van der Waals surface area contributed by atoms with E-state index < -0.39 is 0 Å². The molecule has 1 aliphatic carbocycles. The molecule has 2 aliphatic rings. The maximum absolute atomic E-state index is 12.0. The molecule has 1 saturated carbocycles. The van der Waals surface area contributed by atoms with Gasteiger partial charge in [-0.05, 0) is 30.5 Å². The van der Waals surface area contributed by atoms with Gasteiger partial charge in [-0.3, -0.25) is 9.69 Å². The summed E-state index contributed by atoms with van der Waals surface area (Å²) in [7, 11) is 0. The summed E-state index contributed by atoms with van der Waals surface area (Å²) in [6.45, 7) is 1.68. The van der Waals surface area contributed by atoms with Gasteiger partial charge in [-0.2, -0.15) is 0 Å². The van der Waals surface area contributed by atoms with E-state index in [2.05, 4.69) is 10.6 Å². The van der Waals surface area contributed by atoms with Crippen LogP contribution in [0.3, 0.4) is 0 Å². The molecule has 2 fully saturated rings. The van der Waals surface area contributed by atoms with E-state index in [1.54, 1.807) is 0 Å². The largest absolute Gasteiger partial charge is 0.376 e. The molecule has 1 aliphatic heterocycles. The molecule has 0 aromatic heterocycles. The molecule has 1 saturated heterocycles. The number of hydrogen-bond donors (Lipinski definition) is 2. The van der Waals surface area contributed by atoms with Crippen LogP contribution in [0.2, 0.25) is 0 Å². The average molecular weight is 331 g/mol. The highest BCUT2D eigenvalue weighted by Crippen LogP contribution is 2.22. The molecule has 0 atom stereocenters. The highest BCUT2D eigenvalue weighted by Gasteiger charge is 2.25.